The molecule has 1 aliphatic rings. The number of hydrogen-bond donors (Lipinski definition) is 1. The molecule has 0 aromatic heterocycles. The molecule has 1 aromatic carbocycles. The summed E-state index contributed by atoms with van der Waals surface area (Å²) in [5, 5.41) is 14.3. The van der Waals surface area contributed by atoms with Crippen LogP contribution in [0, 0.1) is 16.0 Å². The van der Waals surface area contributed by atoms with Crippen LogP contribution in [0.2, 0.25) is 0 Å². The van der Waals surface area contributed by atoms with Crippen molar-refractivity contribution in [2.75, 3.05) is 24.5 Å². The fraction of sp³-hybridized carbons (Fsp3) is 0.600. The number of benzene rings is 1. The predicted octanol–water partition coefficient (Wildman–Crippen LogP) is 2.81. The average Bonchev–Trinajstić information content (AvgIpc) is 2.45. The van der Waals surface area contributed by atoms with Crippen LogP contribution in [0.15, 0.2) is 24.3 Å². The Kier molecular flexibility index (Phi) is 4.95. The van der Waals surface area contributed by atoms with Gasteiger partial charge in [0.2, 0.25) is 0 Å². The van der Waals surface area contributed by atoms with E-state index in [1.54, 1.807) is 18.2 Å². The Morgan fingerprint density at radius 2 is 2.30 bits per heavy atom. The van der Waals surface area contributed by atoms with Gasteiger partial charge in [0.25, 0.3) is 5.69 Å². The SMILES string of the molecule is CC(C)NCC1CCCN(c2cccc([N+](=O)[O-])c2)C1. The molecule has 20 heavy (non-hydrogen) atoms. The minimum Gasteiger partial charge on any atom is -0.371 e. The second-order valence-corrected chi connectivity index (χ2v) is 5.79. The van der Waals surface area contributed by atoms with Gasteiger partial charge in [0.15, 0.2) is 0 Å². The van der Waals surface area contributed by atoms with E-state index >= 15 is 0 Å². The van der Waals surface area contributed by atoms with Crippen molar-refractivity contribution < 1.29 is 4.92 Å². The monoisotopic (exact) mass is 277 g/mol. The molecule has 1 saturated heterocycles. The zero-order valence-corrected chi connectivity index (χ0v) is 12.2. The highest BCUT2D eigenvalue weighted by Crippen LogP contribution is 2.26. The maximum Gasteiger partial charge on any atom is 0.271 e. The Hall–Kier alpha value is -1.62. The van der Waals surface area contributed by atoms with Crippen molar-refractivity contribution in [2.45, 2.75) is 32.7 Å². The van der Waals surface area contributed by atoms with Gasteiger partial charge in [-0.1, -0.05) is 19.9 Å². The fourth-order valence-corrected chi connectivity index (χ4v) is 2.67. The second-order valence-electron chi connectivity index (χ2n) is 5.79. The van der Waals surface area contributed by atoms with E-state index < -0.39 is 0 Å². The van der Waals surface area contributed by atoms with E-state index in [1.807, 2.05) is 6.07 Å². The summed E-state index contributed by atoms with van der Waals surface area (Å²) in [4.78, 5) is 12.8. The lowest BCUT2D eigenvalue weighted by molar-refractivity contribution is -0.384. The maximum atomic E-state index is 10.9. The molecule has 1 aliphatic heterocycles. The first-order valence-electron chi connectivity index (χ1n) is 7.29. The summed E-state index contributed by atoms with van der Waals surface area (Å²) < 4.78 is 0. The summed E-state index contributed by atoms with van der Waals surface area (Å²) in [6.07, 6.45) is 2.37. The Balaban J connectivity index is 2.01. The zero-order valence-electron chi connectivity index (χ0n) is 12.2. The molecule has 0 saturated carbocycles. The van der Waals surface area contributed by atoms with Gasteiger partial charge < -0.3 is 10.2 Å². The highest BCUT2D eigenvalue weighted by Gasteiger charge is 2.21. The number of hydrogen-bond acceptors (Lipinski definition) is 4. The lowest BCUT2D eigenvalue weighted by Crippen LogP contribution is -2.41. The predicted molar refractivity (Wildman–Crippen MR) is 81.2 cm³/mol. The summed E-state index contributed by atoms with van der Waals surface area (Å²) in [5.74, 6) is 0.616. The number of non-ortho nitro benzene ring substituents is 1. The Bertz CT molecular complexity index is 462. The van der Waals surface area contributed by atoms with E-state index in [0.29, 0.717) is 12.0 Å². The van der Waals surface area contributed by atoms with E-state index in [9.17, 15) is 10.1 Å². The van der Waals surface area contributed by atoms with Crippen molar-refractivity contribution in [3.63, 3.8) is 0 Å². The first kappa shape index (κ1) is 14.8. The maximum absolute atomic E-state index is 10.9. The van der Waals surface area contributed by atoms with Gasteiger partial charge in [0.05, 0.1) is 4.92 Å². The standard InChI is InChI=1S/C15H23N3O2/c1-12(2)16-10-13-5-4-8-17(11-13)14-6-3-7-15(9-14)18(19)20/h3,6-7,9,12-13,16H,4-5,8,10-11H2,1-2H3. The van der Waals surface area contributed by atoms with Gasteiger partial charge >= 0.3 is 0 Å². The van der Waals surface area contributed by atoms with E-state index in [0.717, 1.165) is 31.7 Å². The Morgan fingerprint density at radius 1 is 1.50 bits per heavy atom. The summed E-state index contributed by atoms with van der Waals surface area (Å²) in [7, 11) is 0. The van der Waals surface area contributed by atoms with Gasteiger partial charge in [0.1, 0.15) is 0 Å². The van der Waals surface area contributed by atoms with Gasteiger partial charge in [-0.15, -0.1) is 0 Å². The topological polar surface area (TPSA) is 58.4 Å². The molecule has 1 atom stereocenters. The molecular weight excluding hydrogens is 254 g/mol. The van der Waals surface area contributed by atoms with E-state index in [1.165, 1.54) is 6.42 Å². The summed E-state index contributed by atoms with van der Waals surface area (Å²) in [6, 6.07) is 7.46. The molecule has 5 nitrogen and oxygen atoms in total. The van der Waals surface area contributed by atoms with E-state index in [-0.39, 0.29) is 10.6 Å². The highest BCUT2D eigenvalue weighted by molar-refractivity contribution is 5.53. The van der Waals surface area contributed by atoms with Crippen molar-refractivity contribution >= 4 is 11.4 Å². The lowest BCUT2D eigenvalue weighted by Gasteiger charge is -2.34. The van der Waals surface area contributed by atoms with Crippen LogP contribution < -0.4 is 10.2 Å². The largest absolute Gasteiger partial charge is 0.371 e. The van der Waals surface area contributed by atoms with Gasteiger partial charge in [-0.25, -0.2) is 0 Å². The number of nitro benzene ring substituents is 1. The molecule has 110 valence electrons. The third-order valence-corrected chi connectivity index (χ3v) is 3.74. The zero-order chi connectivity index (χ0) is 14.5. The van der Waals surface area contributed by atoms with Crippen LogP contribution >= 0.6 is 0 Å². The van der Waals surface area contributed by atoms with Crippen LogP contribution in [-0.4, -0.2) is 30.6 Å². The number of nitrogens with one attached hydrogen (secondary N) is 1. The van der Waals surface area contributed by atoms with Crippen molar-refractivity contribution in [3.05, 3.63) is 34.4 Å². The van der Waals surface area contributed by atoms with E-state index in [4.69, 9.17) is 0 Å². The molecule has 0 amide bonds. The van der Waals surface area contributed by atoms with Crippen molar-refractivity contribution in [2.24, 2.45) is 5.92 Å². The van der Waals surface area contributed by atoms with Gasteiger partial charge in [-0.3, -0.25) is 10.1 Å². The third kappa shape index (κ3) is 3.93. The minimum atomic E-state index is -0.328. The molecule has 1 aromatic rings. The molecular formula is C15H23N3O2. The number of piperidine rings is 1. The normalized spacial score (nSPS) is 19.4. The first-order chi connectivity index (χ1) is 9.56. The molecule has 5 heteroatoms. The molecule has 0 aliphatic carbocycles. The fourth-order valence-electron chi connectivity index (χ4n) is 2.67. The van der Waals surface area contributed by atoms with Crippen molar-refractivity contribution in [1.29, 1.82) is 0 Å². The molecule has 0 bridgehead atoms. The second kappa shape index (κ2) is 6.70. The summed E-state index contributed by atoms with van der Waals surface area (Å²) in [6.45, 7) is 7.28. The summed E-state index contributed by atoms with van der Waals surface area (Å²) in [5.41, 5.74) is 1.14. The molecule has 0 spiro atoms. The lowest BCUT2D eigenvalue weighted by atomic mass is 9.97. The third-order valence-electron chi connectivity index (χ3n) is 3.74. The van der Waals surface area contributed by atoms with Crippen LogP contribution in [0.5, 0.6) is 0 Å². The summed E-state index contributed by atoms with van der Waals surface area (Å²) >= 11 is 0. The molecule has 1 N–H and O–H groups in total. The number of rotatable bonds is 5. The van der Waals surface area contributed by atoms with Crippen molar-refractivity contribution in [3.8, 4) is 0 Å². The molecule has 1 unspecified atom stereocenters. The minimum absolute atomic E-state index is 0.171. The Morgan fingerprint density at radius 3 is 3.00 bits per heavy atom. The van der Waals surface area contributed by atoms with Crippen LogP contribution in [-0.2, 0) is 0 Å². The van der Waals surface area contributed by atoms with Crippen LogP contribution in [0.1, 0.15) is 26.7 Å². The molecule has 1 heterocycles. The van der Waals surface area contributed by atoms with E-state index in [2.05, 4.69) is 24.1 Å². The first-order valence-corrected chi connectivity index (χ1v) is 7.29. The van der Waals surface area contributed by atoms with Crippen molar-refractivity contribution in [1.82, 2.24) is 5.32 Å². The molecule has 0 radical (unpaired) electrons. The van der Waals surface area contributed by atoms with Crippen LogP contribution in [0.25, 0.3) is 0 Å². The van der Waals surface area contributed by atoms with Crippen LogP contribution in [0.3, 0.4) is 0 Å². The number of nitro groups is 1. The van der Waals surface area contributed by atoms with Gasteiger partial charge in [-0.05, 0) is 31.4 Å². The smallest absolute Gasteiger partial charge is 0.271 e. The molecule has 1 fully saturated rings. The van der Waals surface area contributed by atoms with Gasteiger partial charge in [0, 0.05) is 37.0 Å². The number of anilines is 1. The van der Waals surface area contributed by atoms with Gasteiger partial charge in [-0.2, -0.15) is 0 Å². The average molecular weight is 277 g/mol. The molecule has 2 rings (SSSR count). The number of nitrogens with zero attached hydrogens (tertiary/aromatic N) is 2. The Labute approximate surface area is 120 Å². The quantitative estimate of drug-likeness (QED) is 0.664. The highest BCUT2D eigenvalue weighted by atomic mass is 16.6. The van der Waals surface area contributed by atoms with Crippen LogP contribution in [0.4, 0.5) is 11.4 Å².